The first-order valence-electron chi connectivity index (χ1n) is 10.1. The molecule has 0 saturated heterocycles. The summed E-state index contributed by atoms with van der Waals surface area (Å²) in [5.74, 6) is -51.8. The van der Waals surface area contributed by atoms with Gasteiger partial charge in [0.15, 0.2) is 0 Å². The molecule has 0 bridgehead atoms. The summed E-state index contributed by atoms with van der Waals surface area (Å²) in [6, 6.07) is 0. The Labute approximate surface area is 194 Å². The average Bonchev–Trinajstić information content (AvgIpc) is 2.73. The molecule has 36 heavy (non-hydrogen) atoms. The molecule has 0 atom stereocenters. The van der Waals surface area contributed by atoms with E-state index in [9.17, 15) is 70.7 Å². The van der Waals surface area contributed by atoms with Gasteiger partial charge in [0.25, 0.3) is 0 Å². The van der Waals surface area contributed by atoms with Gasteiger partial charge < -0.3 is 4.74 Å². The number of alkyl halides is 15. The third-order valence-electron chi connectivity index (χ3n) is 4.88. The van der Waals surface area contributed by atoms with E-state index in [-0.39, 0.29) is 13.1 Å². The first-order chi connectivity index (χ1) is 15.9. The fourth-order valence-corrected chi connectivity index (χ4v) is 2.55. The number of hydrogen-bond donors (Lipinski definition) is 0. The molecule has 0 heterocycles. The Balaban J connectivity index is 5.91. The molecule has 0 aliphatic rings. The molecule has 0 rings (SSSR count). The Bertz CT molecular complexity index is 714. The lowest BCUT2D eigenvalue weighted by molar-refractivity contribution is -0.450. The van der Waals surface area contributed by atoms with Crippen molar-refractivity contribution in [2.24, 2.45) is 0 Å². The van der Waals surface area contributed by atoms with Gasteiger partial charge in [-0.15, -0.1) is 0 Å². The van der Waals surface area contributed by atoms with Gasteiger partial charge in [-0.25, -0.2) is 4.79 Å². The normalized spacial score (nSPS) is 14.9. The maximum Gasteiger partial charge on any atom is 0.460 e. The van der Waals surface area contributed by atoms with E-state index in [1.54, 1.807) is 13.8 Å². The van der Waals surface area contributed by atoms with Crippen molar-refractivity contribution in [3.05, 3.63) is 0 Å². The predicted octanol–water partition coefficient (Wildman–Crippen LogP) is 6.81. The zero-order valence-corrected chi connectivity index (χ0v) is 18.6. The zero-order valence-electron chi connectivity index (χ0n) is 18.6. The lowest BCUT2D eigenvalue weighted by Gasteiger charge is -2.40. The van der Waals surface area contributed by atoms with Crippen molar-refractivity contribution < 1.29 is 75.4 Å². The van der Waals surface area contributed by atoms with Crippen LogP contribution in [0.5, 0.6) is 0 Å². The molecular formula is C18H22F15NO2. The number of rotatable bonds is 15. The molecule has 0 aromatic heterocycles. The first kappa shape index (κ1) is 34.4. The summed E-state index contributed by atoms with van der Waals surface area (Å²) >= 11 is 0. The Morgan fingerprint density at radius 3 is 1.31 bits per heavy atom. The summed E-state index contributed by atoms with van der Waals surface area (Å²) in [7, 11) is 0. The van der Waals surface area contributed by atoms with Crippen LogP contribution in [0.1, 0.15) is 39.5 Å². The van der Waals surface area contributed by atoms with Gasteiger partial charge in [0.1, 0.15) is 6.61 Å². The molecule has 0 aromatic rings. The number of carbonyl (C=O) groups excluding carboxylic acids is 1. The van der Waals surface area contributed by atoms with E-state index in [0.717, 1.165) is 0 Å². The molecular weight excluding hydrogens is 547 g/mol. The van der Waals surface area contributed by atoms with Crippen LogP contribution in [0.25, 0.3) is 0 Å². The number of esters is 1. The highest BCUT2D eigenvalue weighted by Gasteiger charge is 2.94. The maximum atomic E-state index is 13.8. The van der Waals surface area contributed by atoms with Gasteiger partial charge in [-0.2, -0.15) is 65.9 Å². The number of carbonyl (C=O) groups is 1. The monoisotopic (exact) mass is 569 g/mol. The van der Waals surface area contributed by atoms with E-state index in [0.29, 0.717) is 25.7 Å². The van der Waals surface area contributed by atoms with Crippen molar-refractivity contribution in [3.63, 3.8) is 0 Å². The quantitative estimate of drug-likeness (QED) is 0.161. The predicted molar refractivity (Wildman–Crippen MR) is 93.0 cm³/mol. The lowest BCUT2D eigenvalue weighted by Crippen LogP contribution is -2.73. The fraction of sp³-hybridized carbons (Fsp3) is 0.944. The van der Waals surface area contributed by atoms with Gasteiger partial charge in [0, 0.05) is 6.54 Å². The van der Waals surface area contributed by atoms with Crippen LogP contribution >= 0.6 is 0 Å². The molecule has 0 spiro atoms. The van der Waals surface area contributed by atoms with Crippen LogP contribution in [0, 0.1) is 0 Å². The van der Waals surface area contributed by atoms with Gasteiger partial charge in [-0.05, 0) is 25.9 Å². The van der Waals surface area contributed by atoms with Crippen LogP contribution in [-0.4, -0.2) is 78.8 Å². The van der Waals surface area contributed by atoms with Crippen LogP contribution in [0.3, 0.4) is 0 Å². The summed E-state index contributed by atoms with van der Waals surface area (Å²) in [6.07, 6.45) is -5.36. The SMILES string of the molecule is CCCCN(CCCC)CCOC(=O)C(F)(F)C(F)(F)C(F)(F)C(F)(F)C(F)(F)C(F)(F)C(F)(F)F. The van der Waals surface area contributed by atoms with Crippen LogP contribution in [0.2, 0.25) is 0 Å². The van der Waals surface area contributed by atoms with Crippen LogP contribution < -0.4 is 0 Å². The number of ether oxygens (including phenoxy) is 1. The van der Waals surface area contributed by atoms with E-state index in [1.807, 2.05) is 0 Å². The summed E-state index contributed by atoms with van der Waals surface area (Å²) < 4.78 is 201. The fourth-order valence-electron chi connectivity index (χ4n) is 2.55. The van der Waals surface area contributed by atoms with Gasteiger partial charge in [0.2, 0.25) is 0 Å². The van der Waals surface area contributed by atoms with Gasteiger partial charge >= 0.3 is 47.7 Å². The molecule has 0 aliphatic heterocycles. The van der Waals surface area contributed by atoms with E-state index >= 15 is 0 Å². The summed E-state index contributed by atoms with van der Waals surface area (Å²) in [5.41, 5.74) is 0. The number of nitrogens with zero attached hydrogens (tertiary/aromatic N) is 1. The minimum Gasteiger partial charge on any atom is -0.460 e. The van der Waals surface area contributed by atoms with E-state index in [1.165, 1.54) is 4.90 Å². The largest absolute Gasteiger partial charge is 0.460 e. The number of halogens is 15. The lowest BCUT2D eigenvalue weighted by atomic mass is 9.91. The van der Waals surface area contributed by atoms with Crippen molar-refractivity contribution in [1.82, 2.24) is 4.90 Å². The Kier molecular flexibility index (Phi) is 10.9. The third-order valence-corrected chi connectivity index (χ3v) is 4.88. The number of unbranched alkanes of at least 4 members (excludes halogenated alkanes) is 2. The van der Waals surface area contributed by atoms with E-state index in [2.05, 4.69) is 4.74 Å². The standard InChI is InChI=1S/C18H22F15NO2/c1-3-5-7-34(8-6-4-2)9-10-36-11(35)12(19,20)13(21,22)14(23,24)15(25,26)16(27,28)17(29,30)18(31,32)33/h3-10H2,1-2H3. The summed E-state index contributed by atoms with van der Waals surface area (Å²) in [4.78, 5) is 12.8. The van der Waals surface area contributed by atoms with Crippen LogP contribution in [0.15, 0.2) is 0 Å². The van der Waals surface area contributed by atoms with Crippen LogP contribution in [0.4, 0.5) is 65.9 Å². The second-order valence-electron chi connectivity index (χ2n) is 7.63. The van der Waals surface area contributed by atoms with E-state index < -0.39 is 60.8 Å². The van der Waals surface area contributed by atoms with Crippen molar-refractivity contribution in [1.29, 1.82) is 0 Å². The molecule has 0 aliphatic carbocycles. The summed E-state index contributed by atoms with van der Waals surface area (Å²) in [6.45, 7) is 2.45. The van der Waals surface area contributed by atoms with Gasteiger partial charge in [-0.3, -0.25) is 4.90 Å². The van der Waals surface area contributed by atoms with Crippen molar-refractivity contribution in [3.8, 4) is 0 Å². The second-order valence-corrected chi connectivity index (χ2v) is 7.63. The highest BCUT2D eigenvalue weighted by atomic mass is 19.4. The number of hydrogen-bond acceptors (Lipinski definition) is 3. The molecule has 0 aromatic carbocycles. The Morgan fingerprint density at radius 2 is 0.944 bits per heavy atom. The molecule has 0 amide bonds. The van der Waals surface area contributed by atoms with E-state index in [4.69, 9.17) is 0 Å². The van der Waals surface area contributed by atoms with Crippen molar-refractivity contribution >= 4 is 5.97 Å². The molecule has 18 heteroatoms. The third kappa shape index (κ3) is 6.09. The molecule has 0 saturated carbocycles. The topological polar surface area (TPSA) is 29.5 Å². The summed E-state index contributed by atoms with van der Waals surface area (Å²) in [5, 5.41) is 0. The molecule has 216 valence electrons. The minimum absolute atomic E-state index is 0.285. The molecule has 3 nitrogen and oxygen atoms in total. The highest BCUT2D eigenvalue weighted by Crippen LogP contribution is 2.62. The zero-order chi connectivity index (χ0) is 29.0. The van der Waals surface area contributed by atoms with Crippen LogP contribution in [-0.2, 0) is 9.53 Å². The molecule has 0 N–H and O–H groups in total. The Morgan fingerprint density at radius 1 is 0.583 bits per heavy atom. The first-order valence-corrected chi connectivity index (χ1v) is 10.1. The van der Waals surface area contributed by atoms with Crippen molar-refractivity contribution in [2.45, 2.75) is 81.2 Å². The van der Waals surface area contributed by atoms with Gasteiger partial charge in [0.05, 0.1) is 0 Å². The van der Waals surface area contributed by atoms with Gasteiger partial charge in [-0.1, -0.05) is 26.7 Å². The molecule has 0 fully saturated rings. The minimum atomic E-state index is -8.44. The molecule has 0 radical (unpaired) electrons. The maximum absolute atomic E-state index is 13.8. The molecule has 0 unspecified atom stereocenters. The highest BCUT2D eigenvalue weighted by molar-refractivity contribution is 5.79. The Hall–Kier alpha value is -1.62. The average molecular weight is 569 g/mol. The van der Waals surface area contributed by atoms with Crippen molar-refractivity contribution in [2.75, 3.05) is 26.2 Å². The smallest absolute Gasteiger partial charge is 0.460 e. The second kappa shape index (κ2) is 11.4.